The predicted molar refractivity (Wildman–Crippen MR) is 129 cm³/mol. The zero-order chi connectivity index (χ0) is 23.4. The fraction of sp³-hybridized carbons (Fsp3) is 0.280. The monoisotopic (exact) mass is 466 g/mol. The molecule has 1 saturated heterocycles. The van der Waals surface area contributed by atoms with Crippen LogP contribution in [0.1, 0.15) is 11.3 Å². The van der Waals surface area contributed by atoms with Gasteiger partial charge in [-0.1, -0.05) is 6.07 Å². The topological polar surface area (TPSA) is 68.3 Å². The number of hydrogen-bond donors (Lipinski definition) is 0. The number of nitrogens with zero attached hydrogens (tertiary/aromatic N) is 2. The first kappa shape index (κ1) is 22.7. The molecule has 0 bridgehead atoms. The molecule has 1 atom stereocenters. The summed E-state index contributed by atoms with van der Waals surface area (Å²) in [7, 11) is 4.73. The number of anilines is 2. The molecule has 33 heavy (non-hydrogen) atoms. The molecule has 0 saturated carbocycles. The maximum atomic E-state index is 13.7. The van der Waals surface area contributed by atoms with Gasteiger partial charge in [0.2, 0.25) is 11.8 Å². The Morgan fingerprint density at radius 2 is 1.76 bits per heavy atom. The highest BCUT2D eigenvalue weighted by atomic mass is 32.1. The summed E-state index contributed by atoms with van der Waals surface area (Å²) in [6, 6.07) is 16.7. The Kier molecular flexibility index (Phi) is 6.84. The molecule has 1 fully saturated rings. The Balaban J connectivity index is 1.61. The number of carbonyl (C=O) groups excluding carboxylic acids is 2. The second-order valence-electron chi connectivity index (χ2n) is 7.64. The maximum Gasteiger partial charge on any atom is 0.232 e. The predicted octanol–water partition coefficient (Wildman–Crippen LogP) is 4.36. The summed E-state index contributed by atoms with van der Waals surface area (Å²) in [5.74, 6) is 1.20. The van der Waals surface area contributed by atoms with Crippen molar-refractivity contribution in [3.63, 3.8) is 0 Å². The van der Waals surface area contributed by atoms with Crippen LogP contribution in [0.2, 0.25) is 0 Å². The van der Waals surface area contributed by atoms with Gasteiger partial charge in [-0.2, -0.15) is 0 Å². The van der Waals surface area contributed by atoms with Crippen LogP contribution in [0, 0.1) is 5.92 Å². The lowest BCUT2D eigenvalue weighted by Crippen LogP contribution is -2.37. The second-order valence-corrected chi connectivity index (χ2v) is 8.68. The number of methoxy groups -OCH3 is 3. The molecule has 1 unspecified atom stereocenters. The molecule has 0 aliphatic carbocycles. The molecule has 8 heteroatoms. The van der Waals surface area contributed by atoms with E-state index >= 15 is 0 Å². The van der Waals surface area contributed by atoms with E-state index in [1.807, 2.05) is 41.8 Å². The summed E-state index contributed by atoms with van der Waals surface area (Å²) in [5.41, 5.74) is 1.37. The van der Waals surface area contributed by atoms with E-state index in [9.17, 15) is 9.59 Å². The Morgan fingerprint density at radius 3 is 2.39 bits per heavy atom. The summed E-state index contributed by atoms with van der Waals surface area (Å²) in [5, 5.41) is 1.99. The lowest BCUT2D eigenvalue weighted by atomic mass is 10.1. The van der Waals surface area contributed by atoms with Gasteiger partial charge in [-0.3, -0.25) is 9.59 Å². The van der Waals surface area contributed by atoms with Gasteiger partial charge >= 0.3 is 0 Å². The highest BCUT2D eigenvalue weighted by Gasteiger charge is 2.39. The van der Waals surface area contributed by atoms with E-state index in [1.54, 1.807) is 60.7 Å². The van der Waals surface area contributed by atoms with Crippen LogP contribution in [-0.2, 0) is 16.1 Å². The van der Waals surface area contributed by atoms with Crippen molar-refractivity contribution < 1.29 is 23.8 Å². The van der Waals surface area contributed by atoms with Gasteiger partial charge < -0.3 is 24.0 Å². The highest BCUT2D eigenvalue weighted by Crippen LogP contribution is 2.37. The van der Waals surface area contributed by atoms with E-state index in [0.717, 1.165) is 16.3 Å². The molecule has 7 nitrogen and oxygen atoms in total. The van der Waals surface area contributed by atoms with Crippen LogP contribution in [0.3, 0.4) is 0 Å². The van der Waals surface area contributed by atoms with Crippen molar-refractivity contribution in [2.45, 2.75) is 13.0 Å². The number of amides is 2. The van der Waals surface area contributed by atoms with Gasteiger partial charge in [0.15, 0.2) is 0 Å². The Morgan fingerprint density at radius 1 is 1.03 bits per heavy atom. The molecule has 172 valence electrons. The van der Waals surface area contributed by atoms with Gasteiger partial charge in [0, 0.05) is 29.6 Å². The number of hydrogen-bond acceptors (Lipinski definition) is 6. The lowest BCUT2D eigenvalue weighted by Gasteiger charge is -2.26. The summed E-state index contributed by atoms with van der Waals surface area (Å²) in [6.45, 7) is 0.717. The number of rotatable bonds is 8. The van der Waals surface area contributed by atoms with E-state index in [0.29, 0.717) is 23.7 Å². The van der Waals surface area contributed by atoms with Gasteiger partial charge in [0.25, 0.3) is 0 Å². The van der Waals surface area contributed by atoms with Gasteiger partial charge in [0.1, 0.15) is 17.2 Å². The van der Waals surface area contributed by atoms with Crippen molar-refractivity contribution in [2.24, 2.45) is 5.92 Å². The molecule has 2 aromatic carbocycles. The molecule has 3 aromatic rings. The molecular formula is C25H26N2O5S. The zero-order valence-electron chi connectivity index (χ0n) is 18.8. The third kappa shape index (κ3) is 4.80. The fourth-order valence-electron chi connectivity index (χ4n) is 3.95. The van der Waals surface area contributed by atoms with Gasteiger partial charge in [-0.15, -0.1) is 11.3 Å². The first-order chi connectivity index (χ1) is 16.0. The Bertz CT molecular complexity index is 1110. The molecule has 1 aliphatic rings. The minimum absolute atomic E-state index is 0.0914. The zero-order valence-corrected chi connectivity index (χ0v) is 19.6. The van der Waals surface area contributed by atoms with Gasteiger partial charge in [0.05, 0.1) is 39.5 Å². The van der Waals surface area contributed by atoms with E-state index < -0.39 is 5.92 Å². The van der Waals surface area contributed by atoms with Crippen LogP contribution in [0.25, 0.3) is 0 Å². The van der Waals surface area contributed by atoms with E-state index in [2.05, 4.69) is 0 Å². The van der Waals surface area contributed by atoms with Crippen molar-refractivity contribution in [1.29, 1.82) is 0 Å². The lowest BCUT2D eigenvalue weighted by molar-refractivity contribution is -0.124. The summed E-state index contributed by atoms with van der Waals surface area (Å²) in [4.78, 5) is 31.1. The number of ether oxygens (including phenoxy) is 3. The van der Waals surface area contributed by atoms with Crippen LogP contribution >= 0.6 is 11.3 Å². The number of carbonyl (C=O) groups is 2. The van der Waals surface area contributed by atoms with E-state index in [1.165, 1.54) is 0 Å². The Labute approximate surface area is 197 Å². The Hall–Kier alpha value is -3.52. The summed E-state index contributed by atoms with van der Waals surface area (Å²) < 4.78 is 16.0. The number of thiophene rings is 1. The average Bonchev–Trinajstić information content (AvgIpc) is 3.51. The van der Waals surface area contributed by atoms with Crippen molar-refractivity contribution in [3.05, 3.63) is 64.9 Å². The quantitative estimate of drug-likeness (QED) is 0.493. The largest absolute Gasteiger partial charge is 0.497 e. The molecular weight excluding hydrogens is 440 g/mol. The van der Waals surface area contributed by atoms with Gasteiger partial charge in [-0.05, 0) is 47.8 Å². The molecule has 0 spiro atoms. The molecule has 4 rings (SSSR count). The SMILES string of the molecule is COc1ccc(N(Cc2cccs2)C(=O)C2CC(=O)N(c3cc(OC)ccc3OC)C2)cc1. The molecule has 1 aliphatic heterocycles. The van der Waals surface area contributed by atoms with Crippen LogP contribution in [0.4, 0.5) is 11.4 Å². The van der Waals surface area contributed by atoms with E-state index in [-0.39, 0.29) is 24.8 Å². The van der Waals surface area contributed by atoms with Crippen molar-refractivity contribution in [3.8, 4) is 17.2 Å². The molecule has 0 radical (unpaired) electrons. The first-order valence-electron chi connectivity index (χ1n) is 10.5. The van der Waals surface area contributed by atoms with Crippen LogP contribution in [0.15, 0.2) is 60.0 Å². The standard InChI is InChI=1S/C25H26N2O5S/c1-30-19-8-6-18(7-9-19)26(16-21-5-4-12-33-21)25(29)17-13-24(28)27(15-17)22-14-20(31-2)10-11-23(22)32-3/h4-12,14,17H,13,15-16H2,1-3H3. The van der Waals surface area contributed by atoms with Crippen molar-refractivity contribution in [2.75, 3.05) is 37.7 Å². The van der Waals surface area contributed by atoms with Crippen molar-refractivity contribution >= 4 is 34.5 Å². The number of benzene rings is 2. The smallest absolute Gasteiger partial charge is 0.232 e. The summed E-state index contributed by atoms with van der Waals surface area (Å²) in [6.07, 6.45) is 0.135. The van der Waals surface area contributed by atoms with Crippen LogP contribution < -0.4 is 24.0 Å². The van der Waals surface area contributed by atoms with Gasteiger partial charge in [-0.25, -0.2) is 0 Å². The third-order valence-electron chi connectivity index (χ3n) is 5.70. The fourth-order valence-corrected chi connectivity index (χ4v) is 4.64. The minimum atomic E-state index is -0.476. The molecule has 2 amide bonds. The molecule has 0 N–H and O–H groups in total. The molecule has 1 aromatic heterocycles. The van der Waals surface area contributed by atoms with Crippen LogP contribution in [0.5, 0.6) is 17.2 Å². The first-order valence-corrected chi connectivity index (χ1v) is 11.4. The average molecular weight is 467 g/mol. The maximum absolute atomic E-state index is 13.7. The normalized spacial score (nSPS) is 15.4. The van der Waals surface area contributed by atoms with E-state index in [4.69, 9.17) is 14.2 Å². The second kappa shape index (κ2) is 9.95. The van der Waals surface area contributed by atoms with Crippen molar-refractivity contribution in [1.82, 2.24) is 0 Å². The van der Waals surface area contributed by atoms with Crippen LogP contribution in [-0.4, -0.2) is 39.7 Å². The summed E-state index contributed by atoms with van der Waals surface area (Å²) >= 11 is 1.59. The highest BCUT2D eigenvalue weighted by molar-refractivity contribution is 7.09. The molecule has 2 heterocycles. The minimum Gasteiger partial charge on any atom is -0.497 e. The third-order valence-corrected chi connectivity index (χ3v) is 6.56.